The molecule has 0 amide bonds. The Morgan fingerprint density at radius 3 is 2.05 bits per heavy atom. The van der Waals surface area contributed by atoms with Gasteiger partial charge in [0.05, 0.1) is 6.10 Å². The summed E-state index contributed by atoms with van der Waals surface area (Å²) in [6.07, 6.45) is 12.8. The Morgan fingerprint density at radius 2 is 1.57 bits per heavy atom. The third-order valence-electron chi connectivity index (χ3n) is 3.62. The minimum Gasteiger partial charge on any atom is -0.460 e. The molecule has 0 heterocycles. The second-order valence-electron chi connectivity index (χ2n) is 6.54. The summed E-state index contributed by atoms with van der Waals surface area (Å²) < 4.78 is 5.14. The quantitative estimate of drug-likeness (QED) is 0.125. The Bertz CT molecular complexity index is 287. The van der Waals surface area contributed by atoms with E-state index in [4.69, 9.17) is 4.74 Å². The summed E-state index contributed by atoms with van der Waals surface area (Å²) in [4.78, 5) is 11.0. The fraction of sp³-hybridized carbons (Fsp3) is 0.824. The SMILES string of the molecule is C=CC(=O)OC(C)CCCCCCCCCC[Si](C)(C)Br. The molecule has 21 heavy (non-hydrogen) atoms. The summed E-state index contributed by atoms with van der Waals surface area (Å²) in [6, 6.07) is 1.40. The molecule has 0 bridgehead atoms. The molecule has 0 saturated carbocycles. The van der Waals surface area contributed by atoms with Gasteiger partial charge in [-0.15, -0.1) is 15.3 Å². The lowest BCUT2D eigenvalue weighted by molar-refractivity contribution is -0.142. The van der Waals surface area contributed by atoms with Crippen LogP contribution in [0.5, 0.6) is 0 Å². The van der Waals surface area contributed by atoms with E-state index < -0.39 is 6.69 Å². The highest BCUT2D eigenvalue weighted by Crippen LogP contribution is 2.21. The minimum atomic E-state index is -0.998. The third kappa shape index (κ3) is 16.1. The number of ether oxygens (including phenoxy) is 1. The first-order valence-electron chi connectivity index (χ1n) is 8.37. The maximum atomic E-state index is 11.0. The molecule has 0 aliphatic rings. The van der Waals surface area contributed by atoms with Gasteiger partial charge in [0.2, 0.25) is 0 Å². The summed E-state index contributed by atoms with van der Waals surface area (Å²) in [5.74, 6) is -0.308. The van der Waals surface area contributed by atoms with Crippen LogP contribution in [0, 0.1) is 0 Å². The Balaban J connectivity index is 3.26. The average Bonchev–Trinajstić information content (AvgIpc) is 2.39. The fourth-order valence-electron chi connectivity index (χ4n) is 2.34. The molecule has 0 aromatic heterocycles. The van der Waals surface area contributed by atoms with Gasteiger partial charge < -0.3 is 4.74 Å². The van der Waals surface area contributed by atoms with Crippen molar-refractivity contribution in [2.24, 2.45) is 0 Å². The summed E-state index contributed by atoms with van der Waals surface area (Å²) >= 11 is 3.82. The van der Waals surface area contributed by atoms with Crippen molar-refractivity contribution in [1.82, 2.24) is 0 Å². The van der Waals surface area contributed by atoms with Crippen LogP contribution >= 0.6 is 15.3 Å². The van der Waals surface area contributed by atoms with Crippen LogP contribution in [-0.4, -0.2) is 18.8 Å². The summed E-state index contributed by atoms with van der Waals surface area (Å²) in [6.45, 7) is 9.11. The van der Waals surface area contributed by atoms with Gasteiger partial charge in [0.1, 0.15) is 6.69 Å². The molecule has 4 heteroatoms. The monoisotopic (exact) mass is 376 g/mol. The van der Waals surface area contributed by atoms with E-state index in [1.807, 2.05) is 6.92 Å². The lowest BCUT2D eigenvalue weighted by atomic mass is 10.1. The summed E-state index contributed by atoms with van der Waals surface area (Å²) in [7, 11) is 0. The van der Waals surface area contributed by atoms with Crippen molar-refractivity contribution >= 4 is 28.0 Å². The molecule has 124 valence electrons. The molecule has 0 aliphatic heterocycles. The van der Waals surface area contributed by atoms with Crippen LogP contribution in [-0.2, 0) is 9.53 Å². The van der Waals surface area contributed by atoms with Crippen molar-refractivity contribution < 1.29 is 9.53 Å². The summed E-state index contributed by atoms with van der Waals surface area (Å²) in [5, 5.41) is 0. The zero-order valence-corrected chi connectivity index (χ0v) is 16.7. The van der Waals surface area contributed by atoms with Crippen molar-refractivity contribution in [3.05, 3.63) is 12.7 Å². The number of carbonyl (C=O) groups excluding carboxylic acids is 1. The van der Waals surface area contributed by atoms with E-state index in [1.165, 1.54) is 57.1 Å². The van der Waals surface area contributed by atoms with E-state index in [0.29, 0.717) is 0 Å². The first kappa shape index (κ1) is 20.9. The second kappa shape index (κ2) is 12.5. The molecule has 0 rings (SSSR count). The van der Waals surface area contributed by atoms with E-state index in [9.17, 15) is 4.79 Å². The Hall–Kier alpha value is -0.0931. The summed E-state index contributed by atoms with van der Waals surface area (Å²) in [5.41, 5.74) is 0. The number of hydrogen-bond donors (Lipinski definition) is 0. The molecule has 0 saturated heterocycles. The molecule has 0 fully saturated rings. The highest BCUT2D eigenvalue weighted by Gasteiger charge is 2.14. The van der Waals surface area contributed by atoms with E-state index in [2.05, 4.69) is 35.0 Å². The molecule has 1 unspecified atom stereocenters. The molecular weight excluding hydrogens is 344 g/mol. The molecular formula is C17H33BrO2Si. The van der Waals surface area contributed by atoms with Crippen molar-refractivity contribution in [1.29, 1.82) is 0 Å². The first-order chi connectivity index (χ1) is 9.85. The topological polar surface area (TPSA) is 26.3 Å². The maximum absolute atomic E-state index is 11.0. The maximum Gasteiger partial charge on any atom is 0.330 e. The van der Waals surface area contributed by atoms with E-state index in [-0.39, 0.29) is 12.1 Å². The van der Waals surface area contributed by atoms with E-state index in [0.717, 1.165) is 12.8 Å². The third-order valence-corrected chi connectivity index (χ3v) is 6.35. The van der Waals surface area contributed by atoms with Gasteiger partial charge in [-0.2, -0.15) is 0 Å². The molecule has 0 aliphatic carbocycles. The zero-order valence-electron chi connectivity index (χ0n) is 14.1. The van der Waals surface area contributed by atoms with Gasteiger partial charge >= 0.3 is 5.97 Å². The molecule has 2 nitrogen and oxygen atoms in total. The van der Waals surface area contributed by atoms with Crippen LogP contribution in [0.3, 0.4) is 0 Å². The van der Waals surface area contributed by atoms with Crippen molar-refractivity contribution in [2.75, 3.05) is 0 Å². The van der Waals surface area contributed by atoms with Crippen LogP contribution in [0.1, 0.15) is 64.7 Å². The highest BCUT2D eigenvalue weighted by molar-refractivity contribution is 9.26. The second-order valence-corrected chi connectivity index (χ2v) is 16.9. The molecule has 1 atom stereocenters. The fourth-order valence-corrected chi connectivity index (χ4v) is 4.27. The smallest absolute Gasteiger partial charge is 0.330 e. The molecule has 0 spiro atoms. The van der Waals surface area contributed by atoms with Crippen LogP contribution < -0.4 is 0 Å². The van der Waals surface area contributed by atoms with Gasteiger partial charge in [-0.1, -0.05) is 64.6 Å². The molecule has 0 aromatic carbocycles. The number of carbonyl (C=O) groups is 1. The van der Waals surface area contributed by atoms with Crippen LogP contribution in [0.25, 0.3) is 0 Å². The van der Waals surface area contributed by atoms with E-state index in [1.54, 1.807) is 0 Å². The number of esters is 1. The number of rotatable bonds is 13. The largest absolute Gasteiger partial charge is 0.460 e. The standard InChI is InChI=1S/C17H33BrO2Si/c1-5-17(19)20-16(2)14-12-10-8-6-7-9-11-13-15-21(3,4)18/h5,16H,1,6-15H2,2-4H3. The van der Waals surface area contributed by atoms with Crippen LogP contribution in [0.4, 0.5) is 0 Å². The molecule has 0 N–H and O–H groups in total. The van der Waals surface area contributed by atoms with Crippen molar-refractivity contribution in [3.63, 3.8) is 0 Å². The highest BCUT2D eigenvalue weighted by atomic mass is 79.9. The van der Waals surface area contributed by atoms with Crippen molar-refractivity contribution in [2.45, 2.75) is 90.0 Å². The van der Waals surface area contributed by atoms with Gasteiger partial charge in [-0.3, -0.25) is 0 Å². The predicted octanol–water partition coefficient (Wildman–Crippen LogP) is 6.22. The Labute approximate surface area is 140 Å². The zero-order chi connectivity index (χ0) is 16.1. The van der Waals surface area contributed by atoms with Gasteiger partial charge in [-0.05, 0) is 25.8 Å². The van der Waals surface area contributed by atoms with Gasteiger partial charge in [-0.25, -0.2) is 4.79 Å². The van der Waals surface area contributed by atoms with Gasteiger partial charge in [0.15, 0.2) is 0 Å². The first-order valence-corrected chi connectivity index (χ1v) is 13.8. The van der Waals surface area contributed by atoms with Crippen LogP contribution in [0.15, 0.2) is 12.7 Å². The number of unbranched alkanes of at least 4 members (excludes halogenated alkanes) is 7. The van der Waals surface area contributed by atoms with Crippen molar-refractivity contribution in [3.8, 4) is 0 Å². The Morgan fingerprint density at radius 1 is 1.10 bits per heavy atom. The minimum absolute atomic E-state index is 0.0206. The van der Waals surface area contributed by atoms with Gasteiger partial charge in [0, 0.05) is 6.08 Å². The predicted molar refractivity (Wildman–Crippen MR) is 98.5 cm³/mol. The van der Waals surface area contributed by atoms with Crippen LogP contribution in [0.2, 0.25) is 19.1 Å². The number of hydrogen-bond acceptors (Lipinski definition) is 2. The number of halogens is 1. The lowest BCUT2D eigenvalue weighted by Gasteiger charge is -2.12. The lowest BCUT2D eigenvalue weighted by Crippen LogP contribution is -2.13. The van der Waals surface area contributed by atoms with E-state index >= 15 is 0 Å². The average molecular weight is 377 g/mol. The van der Waals surface area contributed by atoms with Gasteiger partial charge in [0.25, 0.3) is 0 Å². The normalized spacial score (nSPS) is 13.0. The molecule has 0 radical (unpaired) electrons. The Kier molecular flexibility index (Phi) is 12.4. The molecule has 0 aromatic rings.